The normalized spacial score (nSPS) is 14.8. The van der Waals surface area contributed by atoms with E-state index in [1.165, 1.54) is 4.90 Å². The van der Waals surface area contributed by atoms with Crippen LogP contribution in [0.15, 0.2) is 40.1 Å². The van der Waals surface area contributed by atoms with Crippen LogP contribution >= 0.6 is 11.8 Å². The minimum atomic E-state index is -4.70. The highest BCUT2D eigenvalue weighted by Crippen LogP contribution is 2.54. The molecule has 2 aliphatic rings. The van der Waals surface area contributed by atoms with Gasteiger partial charge >= 0.3 is 18.4 Å². The number of amides is 3. The topological polar surface area (TPSA) is 112 Å². The van der Waals surface area contributed by atoms with Crippen LogP contribution in [0, 0.1) is 0 Å². The van der Waals surface area contributed by atoms with Gasteiger partial charge in [-0.15, -0.1) is 0 Å². The molecule has 3 amide bonds. The molecule has 2 aromatic carbocycles. The zero-order valence-corrected chi connectivity index (χ0v) is 27.8. The summed E-state index contributed by atoms with van der Waals surface area (Å²) in [6.07, 6.45) is -4.03. The molecule has 0 spiro atoms. The first-order chi connectivity index (χ1) is 21.4. The Labute approximate surface area is 271 Å². The quantitative estimate of drug-likeness (QED) is 0.252. The second kappa shape index (κ2) is 14.0. The van der Waals surface area contributed by atoms with Gasteiger partial charge in [-0.2, -0.15) is 13.2 Å². The van der Waals surface area contributed by atoms with Crippen molar-refractivity contribution in [1.29, 1.82) is 0 Å². The fourth-order valence-corrected chi connectivity index (χ4v) is 6.12. The van der Waals surface area contributed by atoms with Crippen molar-refractivity contribution in [2.24, 2.45) is 0 Å². The molecule has 2 aromatic rings. The molecule has 0 aromatic heterocycles. The lowest BCUT2D eigenvalue weighted by atomic mass is 10.1. The van der Waals surface area contributed by atoms with Crippen molar-refractivity contribution in [3.8, 4) is 0 Å². The highest BCUT2D eigenvalue weighted by molar-refractivity contribution is 7.99. The second-order valence-corrected chi connectivity index (χ2v) is 14.2. The van der Waals surface area contributed by atoms with Crippen LogP contribution in [0.25, 0.3) is 0 Å². The summed E-state index contributed by atoms with van der Waals surface area (Å²) >= 11 is 1.11. The van der Waals surface area contributed by atoms with Gasteiger partial charge in [0, 0.05) is 54.6 Å². The average Bonchev–Trinajstić information content (AvgIpc) is 3.46. The number of benzene rings is 2. The lowest BCUT2D eigenvalue weighted by molar-refractivity contribution is -0.137. The summed E-state index contributed by atoms with van der Waals surface area (Å²) in [7, 11) is 0. The Morgan fingerprint density at radius 2 is 1.54 bits per heavy atom. The molecule has 1 saturated heterocycles. The van der Waals surface area contributed by atoms with Gasteiger partial charge in [0.05, 0.1) is 22.6 Å². The predicted molar refractivity (Wildman–Crippen MR) is 172 cm³/mol. The summed E-state index contributed by atoms with van der Waals surface area (Å²) in [4.78, 5) is 42.7. The smallest absolute Gasteiger partial charge is 0.419 e. The molecule has 252 valence electrons. The molecule has 0 unspecified atom stereocenters. The summed E-state index contributed by atoms with van der Waals surface area (Å²) < 4.78 is 53.2. The van der Waals surface area contributed by atoms with Gasteiger partial charge in [-0.05, 0) is 84.7 Å². The minimum Gasteiger partial charge on any atom is -0.444 e. The second-order valence-electron chi connectivity index (χ2n) is 13.1. The SMILES string of the molecule is CC(C)(C)OC(=O)NCCNCCC(=O)Nc1cc(C(F)(F)F)cc2c1N(C(=O)OC(C)(C)C)c1ccc(N3CCCC3)cc1S2. The molecule has 3 N–H and O–H groups in total. The molecule has 10 nitrogen and oxygen atoms in total. The molecular weight excluding hydrogens is 623 g/mol. The van der Waals surface area contributed by atoms with Gasteiger partial charge in [0.25, 0.3) is 0 Å². The van der Waals surface area contributed by atoms with Gasteiger partial charge in [0.2, 0.25) is 5.91 Å². The summed E-state index contributed by atoms with van der Waals surface area (Å²) in [5.41, 5.74) is -1.16. The van der Waals surface area contributed by atoms with Crippen molar-refractivity contribution in [2.75, 3.05) is 47.8 Å². The third kappa shape index (κ3) is 9.44. The molecule has 0 radical (unpaired) electrons. The Morgan fingerprint density at radius 1 is 0.870 bits per heavy atom. The van der Waals surface area contributed by atoms with E-state index < -0.39 is 41.0 Å². The molecular formula is C32H42F3N5O5S. The van der Waals surface area contributed by atoms with Crippen LogP contribution in [0.4, 0.5) is 45.5 Å². The van der Waals surface area contributed by atoms with Crippen LogP contribution in [0.2, 0.25) is 0 Å². The number of carbonyl (C=O) groups is 3. The van der Waals surface area contributed by atoms with E-state index in [0.29, 0.717) is 17.1 Å². The Hall–Kier alpha value is -3.65. The minimum absolute atomic E-state index is 0.0766. The van der Waals surface area contributed by atoms with Crippen LogP contribution < -0.4 is 25.8 Å². The lowest BCUT2D eigenvalue weighted by Gasteiger charge is -2.35. The summed E-state index contributed by atoms with van der Waals surface area (Å²) in [6, 6.07) is 7.38. The highest BCUT2D eigenvalue weighted by atomic mass is 32.2. The third-order valence-electron chi connectivity index (χ3n) is 6.85. The van der Waals surface area contributed by atoms with Crippen LogP contribution in [-0.4, -0.2) is 62.0 Å². The maximum Gasteiger partial charge on any atom is 0.419 e. The molecule has 1 fully saturated rings. The molecule has 2 aliphatic heterocycles. The number of hydrogen-bond acceptors (Lipinski definition) is 8. The van der Waals surface area contributed by atoms with E-state index in [4.69, 9.17) is 9.47 Å². The number of alkyl halides is 3. The molecule has 4 rings (SSSR count). The number of halogens is 3. The van der Waals surface area contributed by atoms with Gasteiger partial charge in [-0.1, -0.05) is 11.8 Å². The molecule has 46 heavy (non-hydrogen) atoms. The maximum atomic E-state index is 14.1. The van der Waals surface area contributed by atoms with Crippen LogP contribution in [0.3, 0.4) is 0 Å². The zero-order valence-electron chi connectivity index (χ0n) is 27.0. The third-order valence-corrected chi connectivity index (χ3v) is 7.93. The fraction of sp³-hybridized carbons (Fsp3) is 0.531. The number of anilines is 4. The molecule has 2 heterocycles. The van der Waals surface area contributed by atoms with Gasteiger partial charge < -0.3 is 30.3 Å². The number of hydrogen-bond donors (Lipinski definition) is 3. The van der Waals surface area contributed by atoms with Crippen molar-refractivity contribution in [1.82, 2.24) is 10.6 Å². The summed E-state index contributed by atoms with van der Waals surface area (Å²) in [5, 5.41) is 8.22. The number of rotatable bonds is 8. The first-order valence-electron chi connectivity index (χ1n) is 15.2. The number of alkyl carbamates (subject to hydrolysis) is 1. The number of nitrogens with one attached hydrogen (secondary N) is 3. The Kier molecular flexibility index (Phi) is 10.7. The Bertz CT molecular complexity index is 1450. The first kappa shape index (κ1) is 35.2. The van der Waals surface area contributed by atoms with Crippen molar-refractivity contribution < 1.29 is 37.0 Å². The monoisotopic (exact) mass is 665 g/mol. The maximum absolute atomic E-state index is 14.1. The zero-order chi connectivity index (χ0) is 33.9. The van der Waals surface area contributed by atoms with E-state index in [1.807, 2.05) is 12.1 Å². The Balaban J connectivity index is 1.58. The average molecular weight is 666 g/mol. The number of ether oxygens (including phenoxy) is 2. The van der Waals surface area contributed by atoms with E-state index in [1.54, 1.807) is 47.6 Å². The van der Waals surface area contributed by atoms with E-state index in [2.05, 4.69) is 20.9 Å². The largest absolute Gasteiger partial charge is 0.444 e. The fourth-order valence-electron chi connectivity index (χ4n) is 4.96. The summed E-state index contributed by atoms with van der Waals surface area (Å²) in [5.74, 6) is -0.557. The van der Waals surface area contributed by atoms with E-state index in [-0.39, 0.29) is 35.8 Å². The first-order valence-corrected chi connectivity index (χ1v) is 16.1. The van der Waals surface area contributed by atoms with Crippen molar-refractivity contribution in [2.45, 2.75) is 88.0 Å². The van der Waals surface area contributed by atoms with Crippen LogP contribution in [0.1, 0.15) is 66.4 Å². The van der Waals surface area contributed by atoms with Crippen LogP contribution in [0.5, 0.6) is 0 Å². The van der Waals surface area contributed by atoms with Gasteiger partial charge in [-0.3, -0.25) is 4.79 Å². The van der Waals surface area contributed by atoms with E-state index in [9.17, 15) is 27.6 Å². The van der Waals surface area contributed by atoms with Gasteiger partial charge in [0.1, 0.15) is 11.2 Å². The van der Waals surface area contributed by atoms with E-state index >= 15 is 0 Å². The highest BCUT2D eigenvalue weighted by Gasteiger charge is 2.39. The Morgan fingerprint density at radius 3 is 2.17 bits per heavy atom. The lowest BCUT2D eigenvalue weighted by Crippen LogP contribution is -2.37. The van der Waals surface area contributed by atoms with Crippen molar-refractivity contribution in [3.05, 3.63) is 35.9 Å². The molecule has 0 atom stereocenters. The number of carbonyl (C=O) groups excluding carboxylic acids is 3. The van der Waals surface area contributed by atoms with Crippen molar-refractivity contribution in [3.63, 3.8) is 0 Å². The van der Waals surface area contributed by atoms with Crippen LogP contribution in [-0.2, 0) is 20.4 Å². The number of fused-ring (bicyclic) bond motifs is 2. The number of nitrogens with zero attached hydrogens (tertiary/aromatic N) is 2. The van der Waals surface area contributed by atoms with Crippen molar-refractivity contribution >= 4 is 52.6 Å². The molecule has 0 saturated carbocycles. The standard InChI is InChI=1S/C32H42F3N5O5S/c1-30(2,3)44-28(42)37-14-13-36-12-11-26(41)38-22-17-20(32(33,34)35)18-25-27(22)40(29(43)45-31(4,5)6)23-10-9-21(19-24(23)46-25)39-15-7-8-16-39/h9-10,17-19,36H,7-8,11-16H2,1-6H3,(H,37,42)(H,38,41). The van der Waals surface area contributed by atoms with Gasteiger partial charge in [-0.25, -0.2) is 14.5 Å². The van der Waals surface area contributed by atoms with Gasteiger partial charge in [0.15, 0.2) is 0 Å². The van der Waals surface area contributed by atoms with E-state index in [0.717, 1.165) is 55.5 Å². The molecule has 0 bridgehead atoms. The molecule has 0 aliphatic carbocycles. The molecule has 14 heteroatoms. The predicted octanol–water partition coefficient (Wildman–Crippen LogP) is 7.29. The summed E-state index contributed by atoms with van der Waals surface area (Å²) in [6.45, 7) is 12.9.